The SMILES string of the molecule is CCSc1ccc(C(=O)O)o1. The van der Waals surface area contributed by atoms with Gasteiger partial charge < -0.3 is 9.52 Å². The molecule has 0 aliphatic carbocycles. The lowest BCUT2D eigenvalue weighted by atomic mass is 10.5. The van der Waals surface area contributed by atoms with Gasteiger partial charge in [0.15, 0.2) is 5.09 Å². The Kier molecular flexibility index (Phi) is 2.59. The van der Waals surface area contributed by atoms with Crippen molar-refractivity contribution in [1.29, 1.82) is 0 Å². The Bertz CT molecular complexity index is 254. The lowest BCUT2D eigenvalue weighted by Gasteiger charge is -1.88. The maximum atomic E-state index is 10.3. The van der Waals surface area contributed by atoms with Crippen molar-refractivity contribution < 1.29 is 14.3 Å². The zero-order valence-corrected chi connectivity index (χ0v) is 6.85. The van der Waals surface area contributed by atoms with E-state index in [1.165, 1.54) is 17.8 Å². The van der Waals surface area contributed by atoms with Crippen molar-refractivity contribution in [3.8, 4) is 0 Å². The molecule has 0 spiro atoms. The number of rotatable bonds is 3. The number of hydrogen-bond acceptors (Lipinski definition) is 3. The Hall–Kier alpha value is -0.900. The highest BCUT2D eigenvalue weighted by Gasteiger charge is 2.07. The number of furan rings is 1. The third-order valence-electron chi connectivity index (χ3n) is 1.08. The summed E-state index contributed by atoms with van der Waals surface area (Å²) in [6.45, 7) is 1.98. The molecule has 1 rings (SSSR count). The van der Waals surface area contributed by atoms with Gasteiger partial charge >= 0.3 is 5.97 Å². The lowest BCUT2D eigenvalue weighted by Crippen LogP contribution is -1.91. The zero-order valence-electron chi connectivity index (χ0n) is 6.03. The highest BCUT2D eigenvalue weighted by molar-refractivity contribution is 7.99. The largest absolute Gasteiger partial charge is 0.475 e. The van der Waals surface area contributed by atoms with Gasteiger partial charge in [0.2, 0.25) is 5.76 Å². The van der Waals surface area contributed by atoms with Crippen LogP contribution < -0.4 is 0 Å². The molecule has 0 atom stereocenters. The molecule has 1 aromatic rings. The Morgan fingerprint density at radius 3 is 2.91 bits per heavy atom. The summed E-state index contributed by atoms with van der Waals surface area (Å²) in [6, 6.07) is 3.12. The van der Waals surface area contributed by atoms with Gasteiger partial charge in [0.25, 0.3) is 0 Å². The van der Waals surface area contributed by atoms with Gasteiger partial charge in [-0.15, -0.1) is 0 Å². The molecular formula is C7H8O3S. The first-order valence-electron chi connectivity index (χ1n) is 3.20. The molecule has 11 heavy (non-hydrogen) atoms. The summed E-state index contributed by atoms with van der Waals surface area (Å²) in [4.78, 5) is 10.3. The molecule has 3 nitrogen and oxygen atoms in total. The van der Waals surface area contributed by atoms with Crippen molar-refractivity contribution in [3.63, 3.8) is 0 Å². The molecule has 0 unspecified atom stereocenters. The number of carboxylic acids is 1. The van der Waals surface area contributed by atoms with Crippen LogP contribution in [-0.4, -0.2) is 16.8 Å². The topological polar surface area (TPSA) is 50.4 Å². The van der Waals surface area contributed by atoms with Crippen molar-refractivity contribution in [2.24, 2.45) is 0 Å². The third-order valence-corrected chi connectivity index (χ3v) is 1.87. The average Bonchev–Trinajstić information content (AvgIpc) is 2.37. The second-order valence-electron chi connectivity index (χ2n) is 1.86. The minimum Gasteiger partial charge on any atom is -0.475 e. The molecule has 0 aromatic carbocycles. The van der Waals surface area contributed by atoms with Gasteiger partial charge in [-0.2, -0.15) is 0 Å². The Labute approximate surface area is 68.4 Å². The van der Waals surface area contributed by atoms with Crippen molar-refractivity contribution in [1.82, 2.24) is 0 Å². The van der Waals surface area contributed by atoms with Crippen molar-refractivity contribution in [3.05, 3.63) is 17.9 Å². The van der Waals surface area contributed by atoms with Gasteiger partial charge in [0.1, 0.15) is 0 Å². The van der Waals surface area contributed by atoms with Crippen LogP contribution in [0.15, 0.2) is 21.6 Å². The van der Waals surface area contributed by atoms with Crippen LogP contribution >= 0.6 is 11.8 Å². The van der Waals surface area contributed by atoms with E-state index in [0.717, 1.165) is 5.75 Å². The molecule has 0 amide bonds. The fourth-order valence-corrected chi connectivity index (χ4v) is 1.25. The van der Waals surface area contributed by atoms with Crippen LogP contribution in [0.4, 0.5) is 0 Å². The highest BCUT2D eigenvalue weighted by atomic mass is 32.2. The Morgan fingerprint density at radius 1 is 1.73 bits per heavy atom. The summed E-state index contributed by atoms with van der Waals surface area (Å²) in [5, 5.41) is 9.12. The summed E-state index contributed by atoms with van der Waals surface area (Å²) in [5.41, 5.74) is 0. The molecule has 60 valence electrons. The van der Waals surface area contributed by atoms with Crippen LogP contribution in [0.2, 0.25) is 0 Å². The van der Waals surface area contributed by atoms with E-state index in [1.807, 2.05) is 6.92 Å². The van der Waals surface area contributed by atoms with Gasteiger partial charge in [0, 0.05) is 0 Å². The maximum absolute atomic E-state index is 10.3. The van der Waals surface area contributed by atoms with Crippen LogP contribution in [0, 0.1) is 0 Å². The van der Waals surface area contributed by atoms with E-state index in [-0.39, 0.29) is 5.76 Å². The van der Waals surface area contributed by atoms with E-state index in [2.05, 4.69) is 0 Å². The minimum absolute atomic E-state index is 0.000880. The van der Waals surface area contributed by atoms with Gasteiger partial charge in [0.05, 0.1) is 0 Å². The van der Waals surface area contributed by atoms with E-state index in [0.29, 0.717) is 5.09 Å². The highest BCUT2D eigenvalue weighted by Crippen LogP contribution is 2.20. The zero-order chi connectivity index (χ0) is 8.27. The molecule has 0 bridgehead atoms. The Morgan fingerprint density at radius 2 is 2.45 bits per heavy atom. The number of hydrogen-bond donors (Lipinski definition) is 1. The van der Waals surface area contributed by atoms with Gasteiger partial charge in [-0.1, -0.05) is 18.7 Å². The molecule has 0 saturated heterocycles. The molecule has 0 saturated carbocycles. The molecule has 4 heteroatoms. The molecule has 1 heterocycles. The third kappa shape index (κ3) is 2.01. The van der Waals surface area contributed by atoms with E-state index in [1.54, 1.807) is 6.07 Å². The molecule has 0 radical (unpaired) electrons. The normalized spacial score (nSPS) is 9.91. The summed E-state index contributed by atoms with van der Waals surface area (Å²) in [5.74, 6) is -0.138. The van der Waals surface area contributed by atoms with Crippen LogP contribution in [-0.2, 0) is 0 Å². The first-order valence-corrected chi connectivity index (χ1v) is 4.18. The summed E-state index contributed by atoms with van der Waals surface area (Å²) in [6.07, 6.45) is 0. The number of thioether (sulfide) groups is 1. The van der Waals surface area contributed by atoms with E-state index >= 15 is 0 Å². The van der Waals surface area contributed by atoms with Crippen molar-refractivity contribution >= 4 is 17.7 Å². The first kappa shape index (κ1) is 8.20. The smallest absolute Gasteiger partial charge is 0.371 e. The van der Waals surface area contributed by atoms with Crippen LogP contribution in [0.5, 0.6) is 0 Å². The molecule has 0 aliphatic rings. The average molecular weight is 172 g/mol. The predicted molar refractivity (Wildman–Crippen MR) is 42.1 cm³/mol. The molecule has 1 N–H and O–H groups in total. The van der Waals surface area contributed by atoms with E-state index in [4.69, 9.17) is 9.52 Å². The second kappa shape index (κ2) is 3.48. The number of aromatic carboxylic acids is 1. The van der Waals surface area contributed by atoms with Gasteiger partial charge in [-0.05, 0) is 17.9 Å². The molecule has 0 fully saturated rings. The lowest BCUT2D eigenvalue weighted by molar-refractivity contribution is 0.0656. The van der Waals surface area contributed by atoms with Crippen molar-refractivity contribution in [2.45, 2.75) is 12.0 Å². The summed E-state index contributed by atoms with van der Waals surface area (Å²) >= 11 is 1.48. The maximum Gasteiger partial charge on any atom is 0.371 e. The summed E-state index contributed by atoms with van der Waals surface area (Å²) < 4.78 is 4.95. The van der Waals surface area contributed by atoms with Crippen LogP contribution in [0.1, 0.15) is 17.5 Å². The number of carbonyl (C=O) groups is 1. The van der Waals surface area contributed by atoms with Gasteiger partial charge in [-0.3, -0.25) is 0 Å². The van der Waals surface area contributed by atoms with E-state index < -0.39 is 5.97 Å². The molecular weight excluding hydrogens is 164 g/mol. The van der Waals surface area contributed by atoms with E-state index in [9.17, 15) is 4.79 Å². The monoisotopic (exact) mass is 172 g/mol. The minimum atomic E-state index is -1.02. The van der Waals surface area contributed by atoms with Crippen molar-refractivity contribution in [2.75, 3.05) is 5.75 Å². The number of carboxylic acid groups (broad SMARTS) is 1. The fraction of sp³-hybridized carbons (Fsp3) is 0.286. The summed E-state index contributed by atoms with van der Waals surface area (Å²) in [7, 11) is 0. The molecule has 0 aliphatic heterocycles. The van der Waals surface area contributed by atoms with Gasteiger partial charge in [-0.25, -0.2) is 4.79 Å². The van der Waals surface area contributed by atoms with Crippen LogP contribution in [0.3, 0.4) is 0 Å². The second-order valence-corrected chi connectivity index (χ2v) is 3.13. The Balaban J connectivity index is 2.73. The predicted octanol–water partition coefficient (Wildman–Crippen LogP) is 2.09. The fourth-order valence-electron chi connectivity index (χ4n) is 0.655. The first-order chi connectivity index (χ1) is 5.24. The quantitative estimate of drug-likeness (QED) is 0.709. The molecule has 1 aromatic heterocycles. The standard InChI is InChI=1S/C7H8O3S/c1-2-11-6-4-3-5(10-6)7(8)9/h3-4H,2H2,1H3,(H,8,9). The van der Waals surface area contributed by atoms with Crippen LogP contribution in [0.25, 0.3) is 0 Å².